The maximum absolute atomic E-state index is 10.2. The van der Waals surface area contributed by atoms with Crippen LogP contribution in [0, 0.1) is 0 Å². The van der Waals surface area contributed by atoms with Crippen molar-refractivity contribution in [1.29, 1.82) is 0 Å². The Morgan fingerprint density at radius 3 is 1.82 bits per heavy atom. The molecular weight excluding hydrogens is 326 g/mol. The third kappa shape index (κ3) is 25.6. The van der Waals surface area contributed by atoms with Crippen molar-refractivity contribution < 1.29 is 44.8 Å². The fourth-order valence-corrected chi connectivity index (χ4v) is 0.254. The first-order chi connectivity index (χ1) is 3.31. The maximum Gasteiger partial charge on any atom is 0.168 e. The van der Waals surface area contributed by atoms with Gasteiger partial charge in [0.05, 0.1) is 6.54 Å². The van der Waals surface area contributed by atoms with Gasteiger partial charge in [0, 0.05) is 25.8 Å². The normalized spacial score (nSPS) is 6.36. The molecule has 0 unspecified atom stereocenters. The van der Waals surface area contributed by atoms with E-state index < -0.39 is 0 Å². The molecule has 0 saturated heterocycles. The summed E-state index contributed by atoms with van der Waals surface area (Å²) < 4.78 is 0. The average molecular weight is 335 g/mol. The molecule has 0 aliphatic rings. The topological polar surface area (TPSA) is 43.1 Å². The van der Waals surface area contributed by atoms with Crippen molar-refractivity contribution in [3.63, 3.8) is 0 Å². The predicted octanol–water partition coefficient (Wildman–Crippen LogP) is -8.90. The van der Waals surface area contributed by atoms with Crippen LogP contribution in [0.5, 0.6) is 0 Å². The summed E-state index contributed by atoms with van der Waals surface area (Å²) in [6, 6.07) is 0. The molecule has 0 bridgehead atoms. The molecule has 11 heavy (non-hydrogen) atoms. The maximum atomic E-state index is 10.2. The van der Waals surface area contributed by atoms with Gasteiger partial charge >= 0.3 is 0 Å². The smallest absolute Gasteiger partial charge is 0.168 e. The van der Waals surface area contributed by atoms with Crippen LogP contribution in [0.3, 0.4) is 0 Å². The molecule has 0 heterocycles. The SMILES string of the molecule is CC=CC(=O)CN.[F-].[F-].[F-].[Hf]. The predicted molar refractivity (Wildman–Crippen MR) is 28.9 cm³/mol. The summed E-state index contributed by atoms with van der Waals surface area (Å²) >= 11 is 0. The van der Waals surface area contributed by atoms with E-state index in [0.717, 1.165) is 0 Å². The van der Waals surface area contributed by atoms with Crippen molar-refractivity contribution in [2.45, 2.75) is 6.92 Å². The molecule has 68 valence electrons. The quantitative estimate of drug-likeness (QED) is 0.403. The molecule has 0 aliphatic carbocycles. The first-order valence-electron chi connectivity index (χ1n) is 2.17. The molecule has 6 heteroatoms. The van der Waals surface area contributed by atoms with Gasteiger partial charge in [0.25, 0.3) is 0 Å². The second-order valence-corrected chi connectivity index (χ2v) is 1.17. The Labute approximate surface area is 82.1 Å². The van der Waals surface area contributed by atoms with Gasteiger partial charge in [0.2, 0.25) is 0 Å². The minimum Gasteiger partial charge on any atom is -1.00 e. The van der Waals surface area contributed by atoms with Crippen LogP contribution in [0.25, 0.3) is 0 Å². The van der Waals surface area contributed by atoms with Crippen LogP contribution in [-0.4, -0.2) is 12.3 Å². The summed E-state index contributed by atoms with van der Waals surface area (Å²) in [7, 11) is 0. The van der Waals surface area contributed by atoms with Crippen LogP contribution in [0.2, 0.25) is 0 Å². The van der Waals surface area contributed by atoms with Crippen LogP contribution >= 0.6 is 0 Å². The van der Waals surface area contributed by atoms with Gasteiger partial charge in [-0.3, -0.25) is 4.79 Å². The van der Waals surface area contributed by atoms with E-state index in [9.17, 15) is 4.79 Å². The fraction of sp³-hybridized carbons (Fsp3) is 0.400. The van der Waals surface area contributed by atoms with E-state index in [1.54, 1.807) is 13.0 Å². The first-order valence-corrected chi connectivity index (χ1v) is 2.17. The number of allylic oxidation sites excluding steroid dienone is 1. The third-order valence-corrected chi connectivity index (χ3v) is 0.554. The summed E-state index contributed by atoms with van der Waals surface area (Å²) in [6.45, 7) is 1.90. The zero-order valence-corrected chi connectivity index (χ0v) is 9.57. The average Bonchev–Trinajstić information content (AvgIpc) is 1.68. The summed E-state index contributed by atoms with van der Waals surface area (Å²) in [5.74, 6) is -0.0255. The molecule has 0 fully saturated rings. The van der Waals surface area contributed by atoms with Crippen molar-refractivity contribution in [2.24, 2.45) is 5.73 Å². The molecule has 0 radical (unpaired) electrons. The molecule has 0 atom stereocenters. The van der Waals surface area contributed by atoms with Crippen LogP contribution < -0.4 is 19.8 Å². The van der Waals surface area contributed by atoms with Crippen molar-refractivity contribution in [1.82, 2.24) is 0 Å². The minimum atomic E-state index is -0.0255. The Hall–Kier alpha value is 0.0301. The Morgan fingerprint density at radius 1 is 1.36 bits per heavy atom. The molecule has 0 saturated carbocycles. The van der Waals surface area contributed by atoms with Crippen LogP contribution in [-0.2, 0) is 30.6 Å². The molecule has 0 rings (SSSR count). The summed E-state index contributed by atoms with van der Waals surface area (Å²) in [4.78, 5) is 10.2. The Morgan fingerprint density at radius 2 is 1.73 bits per heavy atom. The summed E-state index contributed by atoms with van der Waals surface area (Å²) in [6.07, 6.45) is 3.13. The third-order valence-electron chi connectivity index (χ3n) is 0.554. The Balaban J connectivity index is -0.0000000300. The number of nitrogens with two attached hydrogens (primary N) is 1. The number of carbonyl (C=O) groups excluding carboxylic acids is 1. The van der Waals surface area contributed by atoms with E-state index in [1.165, 1.54) is 6.08 Å². The van der Waals surface area contributed by atoms with E-state index in [4.69, 9.17) is 5.73 Å². The minimum absolute atomic E-state index is 0. The van der Waals surface area contributed by atoms with E-state index in [-0.39, 0.29) is 52.3 Å². The van der Waals surface area contributed by atoms with Crippen molar-refractivity contribution in [3.05, 3.63) is 12.2 Å². The van der Waals surface area contributed by atoms with Crippen molar-refractivity contribution in [3.8, 4) is 0 Å². The number of ketones is 1. The van der Waals surface area contributed by atoms with Gasteiger partial charge < -0.3 is 19.8 Å². The molecule has 0 aromatic heterocycles. The fourth-order valence-electron chi connectivity index (χ4n) is 0.254. The van der Waals surface area contributed by atoms with Gasteiger partial charge in [0.1, 0.15) is 0 Å². The molecule has 2 nitrogen and oxygen atoms in total. The number of hydrogen-bond acceptors (Lipinski definition) is 2. The van der Waals surface area contributed by atoms with Gasteiger partial charge in [-0.1, -0.05) is 6.08 Å². The van der Waals surface area contributed by atoms with Gasteiger partial charge in [-0.05, 0) is 13.0 Å². The first kappa shape index (κ1) is 30.5. The molecule has 0 aromatic carbocycles. The number of carbonyl (C=O) groups is 1. The molecule has 2 N–H and O–H groups in total. The van der Waals surface area contributed by atoms with E-state index in [2.05, 4.69) is 0 Å². The van der Waals surface area contributed by atoms with Crippen molar-refractivity contribution in [2.75, 3.05) is 6.54 Å². The molecule has 0 spiro atoms. The largest absolute Gasteiger partial charge is 1.00 e. The van der Waals surface area contributed by atoms with E-state index >= 15 is 0 Å². The molecular formula is C5H9F3HfNO-3. The van der Waals surface area contributed by atoms with Gasteiger partial charge in [-0.2, -0.15) is 0 Å². The van der Waals surface area contributed by atoms with Gasteiger partial charge in [0.15, 0.2) is 5.78 Å². The monoisotopic (exact) mass is 336 g/mol. The zero-order valence-electron chi connectivity index (χ0n) is 5.98. The van der Waals surface area contributed by atoms with E-state index in [0.29, 0.717) is 0 Å². The van der Waals surface area contributed by atoms with Gasteiger partial charge in [-0.15, -0.1) is 0 Å². The second-order valence-electron chi connectivity index (χ2n) is 1.17. The number of rotatable bonds is 2. The van der Waals surface area contributed by atoms with E-state index in [1.807, 2.05) is 0 Å². The second kappa shape index (κ2) is 22.5. The van der Waals surface area contributed by atoms with Crippen LogP contribution in [0.4, 0.5) is 0 Å². The number of hydrogen-bond donors (Lipinski definition) is 1. The summed E-state index contributed by atoms with van der Waals surface area (Å²) in [5, 5.41) is 0. The van der Waals surface area contributed by atoms with Crippen LogP contribution in [0.1, 0.15) is 6.92 Å². The Bertz CT molecular complexity index is 99.7. The van der Waals surface area contributed by atoms with Crippen LogP contribution in [0.15, 0.2) is 12.2 Å². The van der Waals surface area contributed by atoms with Crippen molar-refractivity contribution >= 4 is 5.78 Å². The zero-order chi connectivity index (χ0) is 5.70. The summed E-state index contributed by atoms with van der Waals surface area (Å²) in [5.41, 5.74) is 4.96. The molecule has 0 amide bonds. The Kier molecular flexibility index (Phi) is 62.4. The standard InChI is InChI=1S/C5H9NO.3FH.Hf/c1-2-3-5(7)4-6;;;;/h2-3H,4,6H2,1H3;3*1H;/p-3. The molecule has 0 aromatic rings. The van der Waals surface area contributed by atoms with Gasteiger partial charge in [-0.25, -0.2) is 0 Å². The molecule has 0 aliphatic heterocycles. The number of halogens is 3.